The van der Waals surface area contributed by atoms with Crippen LogP contribution in [0.25, 0.3) is 16.8 Å². The van der Waals surface area contributed by atoms with E-state index in [9.17, 15) is 0 Å². The van der Waals surface area contributed by atoms with Crippen LogP contribution in [0.4, 0.5) is 0 Å². The predicted molar refractivity (Wildman–Crippen MR) is 86.7 cm³/mol. The van der Waals surface area contributed by atoms with Crippen molar-refractivity contribution in [2.75, 3.05) is 0 Å². The molecule has 0 fully saturated rings. The Bertz CT molecular complexity index is 768. The molecule has 1 heterocycles. The van der Waals surface area contributed by atoms with Gasteiger partial charge in [0, 0.05) is 21.3 Å². The molecule has 3 rings (SSSR count). The molecule has 20 heavy (non-hydrogen) atoms. The molecule has 5 heteroatoms. The van der Waals surface area contributed by atoms with Gasteiger partial charge in [0.1, 0.15) is 0 Å². The average Bonchev–Trinajstić information content (AvgIpc) is 2.88. The fourth-order valence-corrected chi connectivity index (χ4v) is 2.96. The number of halogens is 3. The van der Waals surface area contributed by atoms with Gasteiger partial charge in [0.15, 0.2) is 0 Å². The molecule has 0 saturated carbocycles. The molecule has 2 nitrogen and oxygen atoms in total. The number of rotatable bonds is 2. The lowest BCUT2D eigenvalue weighted by molar-refractivity contribution is 0.881. The molecule has 0 atom stereocenters. The third-order valence-electron chi connectivity index (χ3n) is 2.92. The van der Waals surface area contributed by atoms with E-state index < -0.39 is 0 Å². The lowest BCUT2D eigenvalue weighted by Gasteiger charge is -2.04. The maximum atomic E-state index is 6.20. The monoisotopic (exact) mass is 366 g/mol. The van der Waals surface area contributed by atoms with Gasteiger partial charge in [-0.2, -0.15) is 5.10 Å². The first kappa shape index (κ1) is 13.7. The molecule has 0 aliphatic carbocycles. The zero-order valence-electron chi connectivity index (χ0n) is 10.2. The van der Waals surface area contributed by atoms with Crippen LogP contribution in [0.3, 0.4) is 0 Å². The molecule has 0 radical (unpaired) electrons. The van der Waals surface area contributed by atoms with Crippen molar-refractivity contribution in [1.82, 2.24) is 9.78 Å². The van der Waals surface area contributed by atoms with Crippen molar-refractivity contribution in [3.8, 4) is 16.8 Å². The Morgan fingerprint density at radius 2 is 1.85 bits per heavy atom. The number of benzene rings is 2. The highest BCUT2D eigenvalue weighted by Gasteiger charge is 2.08. The summed E-state index contributed by atoms with van der Waals surface area (Å²) in [5.41, 5.74) is 2.90. The van der Waals surface area contributed by atoms with Crippen LogP contribution in [0.2, 0.25) is 10.0 Å². The highest BCUT2D eigenvalue weighted by Crippen LogP contribution is 2.29. The minimum atomic E-state index is 0.569. The molecular weight excluding hydrogens is 359 g/mol. The summed E-state index contributed by atoms with van der Waals surface area (Å²) in [6, 6.07) is 13.4. The number of hydrogen-bond acceptors (Lipinski definition) is 1. The Kier molecular flexibility index (Phi) is 3.83. The fraction of sp³-hybridized carbons (Fsp3) is 0. The minimum absolute atomic E-state index is 0.569. The van der Waals surface area contributed by atoms with Gasteiger partial charge in [0.05, 0.1) is 16.9 Å². The summed E-state index contributed by atoms with van der Waals surface area (Å²) < 4.78 is 2.77. The van der Waals surface area contributed by atoms with E-state index in [1.807, 2.05) is 42.7 Å². The normalized spacial score (nSPS) is 10.8. The lowest BCUT2D eigenvalue weighted by atomic mass is 10.1. The summed E-state index contributed by atoms with van der Waals surface area (Å²) in [6.07, 6.45) is 3.75. The van der Waals surface area contributed by atoms with Crippen molar-refractivity contribution >= 4 is 39.1 Å². The van der Waals surface area contributed by atoms with Crippen molar-refractivity contribution < 1.29 is 0 Å². The van der Waals surface area contributed by atoms with E-state index in [-0.39, 0.29) is 0 Å². The maximum Gasteiger partial charge on any atom is 0.0833 e. The summed E-state index contributed by atoms with van der Waals surface area (Å²) >= 11 is 15.6. The van der Waals surface area contributed by atoms with E-state index in [2.05, 4.69) is 21.0 Å². The first-order chi connectivity index (χ1) is 9.65. The maximum absolute atomic E-state index is 6.20. The summed E-state index contributed by atoms with van der Waals surface area (Å²) in [4.78, 5) is 0. The van der Waals surface area contributed by atoms with Crippen LogP contribution in [-0.2, 0) is 0 Å². The smallest absolute Gasteiger partial charge is 0.0833 e. The molecule has 3 aromatic rings. The van der Waals surface area contributed by atoms with Crippen LogP contribution >= 0.6 is 39.1 Å². The standard InChI is InChI=1S/C15H9BrCl2N2/c16-13-4-2-1-3-12(13)10-8-19-20(9-10)15-6-5-11(17)7-14(15)18/h1-9H. The highest BCUT2D eigenvalue weighted by atomic mass is 79.9. The van der Waals surface area contributed by atoms with Gasteiger partial charge in [-0.15, -0.1) is 0 Å². The molecule has 0 aliphatic heterocycles. The number of hydrogen-bond donors (Lipinski definition) is 0. The van der Waals surface area contributed by atoms with Crippen LogP contribution < -0.4 is 0 Å². The summed E-state index contributed by atoms with van der Waals surface area (Å²) in [5, 5.41) is 5.54. The van der Waals surface area contributed by atoms with Gasteiger partial charge in [0.25, 0.3) is 0 Å². The van der Waals surface area contributed by atoms with E-state index >= 15 is 0 Å². The Morgan fingerprint density at radius 1 is 1.05 bits per heavy atom. The van der Waals surface area contributed by atoms with Gasteiger partial charge >= 0.3 is 0 Å². The van der Waals surface area contributed by atoms with E-state index in [0.29, 0.717) is 10.0 Å². The van der Waals surface area contributed by atoms with Crippen molar-refractivity contribution in [1.29, 1.82) is 0 Å². The SMILES string of the molecule is Clc1ccc(-n2cc(-c3ccccc3Br)cn2)c(Cl)c1. The topological polar surface area (TPSA) is 17.8 Å². The first-order valence-electron chi connectivity index (χ1n) is 5.90. The fourth-order valence-electron chi connectivity index (χ4n) is 1.96. The van der Waals surface area contributed by atoms with E-state index in [4.69, 9.17) is 23.2 Å². The molecule has 0 aliphatic rings. The highest BCUT2D eigenvalue weighted by molar-refractivity contribution is 9.10. The molecule has 0 saturated heterocycles. The molecule has 2 aromatic carbocycles. The third kappa shape index (κ3) is 2.62. The molecule has 0 spiro atoms. The van der Waals surface area contributed by atoms with Gasteiger partial charge < -0.3 is 0 Å². The van der Waals surface area contributed by atoms with Crippen molar-refractivity contribution in [2.24, 2.45) is 0 Å². The largest absolute Gasteiger partial charge is 0.239 e. The molecule has 100 valence electrons. The zero-order chi connectivity index (χ0) is 14.1. The van der Waals surface area contributed by atoms with Gasteiger partial charge in [-0.3, -0.25) is 0 Å². The second-order valence-corrected chi connectivity index (χ2v) is 5.95. The Balaban J connectivity index is 2.04. The second-order valence-electron chi connectivity index (χ2n) is 4.25. The molecule has 0 unspecified atom stereocenters. The number of aromatic nitrogens is 2. The van der Waals surface area contributed by atoms with E-state index in [1.54, 1.807) is 16.8 Å². The first-order valence-corrected chi connectivity index (χ1v) is 7.45. The average molecular weight is 368 g/mol. The van der Waals surface area contributed by atoms with Crippen molar-refractivity contribution in [2.45, 2.75) is 0 Å². The van der Waals surface area contributed by atoms with Gasteiger partial charge in [0.2, 0.25) is 0 Å². The van der Waals surface area contributed by atoms with Crippen molar-refractivity contribution in [3.63, 3.8) is 0 Å². The quantitative estimate of drug-likeness (QED) is 0.575. The van der Waals surface area contributed by atoms with Crippen LogP contribution in [0.15, 0.2) is 59.3 Å². The predicted octanol–water partition coefficient (Wildman–Crippen LogP) is 5.61. The second kappa shape index (κ2) is 5.60. The Labute approximate surface area is 135 Å². The van der Waals surface area contributed by atoms with Crippen LogP contribution in [0.1, 0.15) is 0 Å². The third-order valence-corrected chi connectivity index (χ3v) is 4.15. The molecule has 0 bridgehead atoms. The van der Waals surface area contributed by atoms with Gasteiger partial charge in [-0.1, -0.05) is 57.3 Å². The molecule has 0 N–H and O–H groups in total. The van der Waals surface area contributed by atoms with Gasteiger partial charge in [-0.25, -0.2) is 4.68 Å². The zero-order valence-corrected chi connectivity index (χ0v) is 13.3. The summed E-state index contributed by atoms with van der Waals surface area (Å²) in [5.74, 6) is 0. The summed E-state index contributed by atoms with van der Waals surface area (Å²) in [7, 11) is 0. The van der Waals surface area contributed by atoms with Gasteiger partial charge in [-0.05, 0) is 29.8 Å². The number of nitrogens with zero attached hydrogens (tertiary/aromatic N) is 2. The Morgan fingerprint density at radius 3 is 2.60 bits per heavy atom. The Hall–Kier alpha value is -1.29. The van der Waals surface area contributed by atoms with Crippen LogP contribution in [0.5, 0.6) is 0 Å². The molecule has 1 aromatic heterocycles. The summed E-state index contributed by atoms with van der Waals surface area (Å²) in [6.45, 7) is 0. The molecular formula is C15H9BrCl2N2. The lowest BCUT2D eigenvalue weighted by Crippen LogP contribution is -1.94. The molecule has 0 amide bonds. The minimum Gasteiger partial charge on any atom is -0.239 e. The van der Waals surface area contributed by atoms with E-state index in [0.717, 1.165) is 21.3 Å². The van der Waals surface area contributed by atoms with E-state index in [1.165, 1.54) is 0 Å². The van der Waals surface area contributed by atoms with Crippen LogP contribution in [-0.4, -0.2) is 9.78 Å². The van der Waals surface area contributed by atoms with Crippen molar-refractivity contribution in [3.05, 3.63) is 69.4 Å². The van der Waals surface area contributed by atoms with Crippen LogP contribution in [0, 0.1) is 0 Å².